The lowest BCUT2D eigenvalue weighted by Crippen LogP contribution is -2.21. The average molecular weight is 185 g/mol. The minimum atomic E-state index is -0.614. The summed E-state index contributed by atoms with van der Waals surface area (Å²) >= 11 is 0. The van der Waals surface area contributed by atoms with E-state index in [0.717, 1.165) is 44.6 Å². The number of hydrogen-bond donors (Lipinski definition) is 2. The molecule has 0 aromatic rings. The molecule has 0 aliphatic heterocycles. The zero-order chi connectivity index (χ0) is 9.68. The van der Waals surface area contributed by atoms with Crippen molar-refractivity contribution in [3.63, 3.8) is 0 Å². The fourth-order valence-electron chi connectivity index (χ4n) is 2.10. The van der Waals surface area contributed by atoms with E-state index < -0.39 is 5.97 Å². The highest BCUT2D eigenvalue weighted by atomic mass is 16.4. The van der Waals surface area contributed by atoms with Gasteiger partial charge in [0.05, 0.1) is 5.92 Å². The molecule has 0 aromatic carbocycles. The fourth-order valence-corrected chi connectivity index (χ4v) is 2.10. The summed E-state index contributed by atoms with van der Waals surface area (Å²) in [6.45, 7) is 0.763. The van der Waals surface area contributed by atoms with Crippen molar-refractivity contribution in [1.29, 1.82) is 0 Å². The maximum atomic E-state index is 10.7. The van der Waals surface area contributed by atoms with Gasteiger partial charge in [-0.15, -0.1) is 0 Å². The lowest BCUT2D eigenvalue weighted by molar-refractivity contribution is -0.143. The molecule has 0 radical (unpaired) electrons. The molecule has 3 heteroatoms. The molecule has 3 N–H and O–H groups in total. The minimum absolute atomic E-state index is 0.0749. The second kappa shape index (κ2) is 5.22. The molecular weight excluding hydrogens is 166 g/mol. The normalized spacial score (nSPS) is 28.7. The van der Waals surface area contributed by atoms with E-state index in [9.17, 15) is 4.79 Å². The molecular formula is C10H19NO2. The van der Waals surface area contributed by atoms with Gasteiger partial charge in [-0.25, -0.2) is 0 Å². The third kappa shape index (κ3) is 3.35. The van der Waals surface area contributed by atoms with E-state index in [1.807, 2.05) is 0 Å². The Balaban J connectivity index is 2.18. The van der Waals surface area contributed by atoms with Gasteiger partial charge in [-0.3, -0.25) is 4.79 Å². The number of carboxylic acid groups (broad SMARTS) is 1. The highest BCUT2D eigenvalue weighted by molar-refractivity contribution is 5.69. The lowest BCUT2D eigenvalue weighted by Gasteiger charge is -2.25. The predicted octanol–water partition coefficient (Wildman–Crippen LogP) is 1.62. The molecule has 0 amide bonds. The minimum Gasteiger partial charge on any atom is -0.481 e. The molecule has 1 aliphatic rings. The molecule has 76 valence electrons. The molecule has 1 rings (SSSR count). The lowest BCUT2D eigenvalue weighted by atomic mass is 9.80. The summed E-state index contributed by atoms with van der Waals surface area (Å²) in [4.78, 5) is 10.7. The van der Waals surface area contributed by atoms with Crippen LogP contribution in [0.15, 0.2) is 0 Å². The van der Waals surface area contributed by atoms with E-state index in [2.05, 4.69) is 0 Å². The Bertz CT molecular complexity index is 162. The Morgan fingerprint density at radius 1 is 1.31 bits per heavy atom. The quantitative estimate of drug-likeness (QED) is 0.699. The monoisotopic (exact) mass is 185 g/mol. The highest BCUT2D eigenvalue weighted by Crippen LogP contribution is 2.31. The topological polar surface area (TPSA) is 63.3 Å². The summed E-state index contributed by atoms with van der Waals surface area (Å²) in [5.41, 5.74) is 5.43. The van der Waals surface area contributed by atoms with Gasteiger partial charge in [-0.2, -0.15) is 0 Å². The van der Waals surface area contributed by atoms with E-state index >= 15 is 0 Å². The van der Waals surface area contributed by atoms with Gasteiger partial charge in [0.1, 0.15) is 0 Å². The summed E-state index contributed by atoms with van der Waals surface area (Å²) in [6, 6.07) is 0. The van der Waals surface area contributed by atoms with Crippen molar-refractivity contribution in [2.75, 3.05) is 6.54 Å². The number of carboxylic acids is 1. The van der Waals surface area contributed by atoms with Crippen LogP contribution in [0, 0.1) is 11.8 Å². The second-order valence-electron chi connectivity index (χ2n) is 3.99. The summed E-state index contributed by atoms with van der Waals surface area (Å²) in [6.07, 6.45) is 6.16. The molecule has 0 aromatic heterocycles. The summed E-state index contributed by atoms with van der Waals surface area (Å²) in [5.74, 6) is 0.0468. The van der Waals surface area contributed by atoms with E-state index in [4.69, 9.17) is 10.8 Å². The van der Waals surface area contributed by atoms with E-state index in [0.29, 0.717) is 0 Å². The first-order valence-corrected chi connectivity index (χ1v) is 5.17. The first kappa shape index (κ1) is 10.5. The van der Waals surface area contributed by atoms with Crippen LogP contribution in [0.1, 0.15) is 38.5 Å². The van der Waals surface area contributed by atoms with Crippen molar-refractivity contribution < 1.29 is 9.90 Å². The van der Waals surface area contributed by atoms with Gasteiger partial charge in [0.25, 0.3) is 0 Å². The van der Waals surface area contributed by atoms with Crippen LogP contribution < -0.4 is 5.73 Å². The van der Waals surface area contributed by atoms with Gasteiger partial charge in [0, 0.05) is 0 Å². The zero-order valence-electron chi connectivity index (χ0n) is 8.04. The van der Waals surface area contributed by atoms with Crippen molar-refractivity contribution in [3.8, 4) is 0 Å². The number of aliphatic carboxylic acids is 1. The van der Waals surface area contributed by atoms with Crippen molar-refractivity contribution in [2.45, 2.75) is 38.5 Å². The molecule has 1 saturated carbocycles. The predicted molar refractivity (Wildman–Crippen MR) is 51.4 cm³/mol. The molecule has 0 bridgehead atoms. The second-order valence-corrected chi connectivity index (χ2v) is 3.99. The van der Waals surface area contributed by atoms with Gasteiger partial charge < -0.3 is 10.8 Å². The maximum Gasteiger partial charge on any atom is 0.306 e. The molecule has 0 heterocycles. The summed E-state index contributed by atoms with van der Waals surface area (Å²) in [7, 11) is 0. The van der Waals surface area contributed by atoms with E-state index in [-0.39, 0.29) is 5.92 Å². The molecule has 0 atom stereocenters. The molecule has 0 spiro atoms. The zero-order valence-corrected chi connectivity index (χ0v) is 8.04. The first-order valence-electron chi connectivity index (χ1n) is 5.17. The van der Waals surface area contributed by atoms with E-state index in [1.165, 1.54) is 6.42 Å². The molecule has 3 nitrogen and oxygen atoms in total. The largest absolute Gasteiger partial charge is 0.481 e. The summed E-state index contributed by atoms with van der Waals surface area (Å²) < 4.78 is 0. The standard InChI is InChI=1S/C10H19NO2/c11-7-1-2-8-3-5-9(6-4-8)10(12)13/h8-9H,1-7,11H2,(H,12,13). The van der Waals surface area contributed by atoms with Gasteiger partial charge in [0.15, 0.2) is 0 Å². The van der Waals surface area contributed by atoms with Gasteiger partial charge in [-0.1, -0.05) is 0 Å². The highest BCUT2D eigenvalue weighted by Gasteiger charge is 2.25. The average Bonchev–Trinajstić information content (AvgIpc) is 2.15. The van der Waals surface area contributed by atoms with Gasteiger partial charge in [-0.05, 0) is 51.0 Å². The van der Waals surface area contributed by atoms with Crippen molar-refractivity contribution >= 4 is 5.97 Å². The Morgan fingerprint density at radius 2 is 1.92 bits per heavy atom. The fraction of sp³-hybridized carbons (Fsp3) is 0.900. The molecule has 1 aliphatic carbocycles. The van der Waals surface area contributed by atoms with Crippen molar-refractivity contribution in [2.24, 2.45) is 17.6 Å². The Hall–Kier alpha value is -0.570. The Morgan fingerprint density at radius 3 is 2.38 bits per heavy atom. The Kier molecular flexibility index (Phi) is 4.22. The number of carbonyl (C=O) groups is 1. The first-order chi connectivity index (χ1) is 6.24. The number of rotatable bonds is 4. The van der Waals surface area contributed by atoms with Crippen LogP contribution in [0.25, 0.3) is 0 Å². The van der Waals surface area contributed by atoms with Gasteiger partial charge in [0.2, 0.25) is 0 Å². The van der Waals surface area contributed by atoms with Crippen LogP contribution in [-0.4, -0.2) is 17.6 Å². The van der Waals surface area contributed by atoms with Crippen LogP contribution in [0.3, 0.4) is 0 Å². The van der Waals surface area contributed by atoms with Crippen LogP contribution in [0.2, 0.25) is 0 Å². The SMILES string of the molecule is NCCCC1CCC(C(=O)O)CC1. The summed E-state index contributed by atoms with van der Waals surface area (Å²) in [5, 5.41) is 8.78. The third-order valence-corrected chi connectivity index (χ3v) is 3.01. The van der Waals surface area contributed by atoms with Crippen LogP contribution in [-0.2, 0) is 4.79 Å². The number of nitrogens with two attached hydrogens (primary N) is 1. The van der Waals surface area contributed by atoms with Crippen LogP contribution in [0.5, 0.6) is 0 Å². The molecule has 0 saturated heterocycles. The molecule has 13 heavy (non-hydrogen) atoms. The van der Waals surface area contributed by atoms with Crippen molar-refractivity contribution in [3.05, 3.63) is 0 Å². The molecule has 0 unspecified atom stereocenters. The number of hydrogen-bond acceptors (Lipinski definition) is 2. The van der Waals surface area contributed by atoms with Crippen LogP contribution in [0.4, 0.5) is 0 Å². The van der Waals surface area contributed by atoms with Crippen molar-refractivity contribution in [1.82, 2.24) is 0 Å². The van der Waals surface area contributed by atoms with Gasteiger partial charge >= 0.3 is 5.97 Å². The van der Waals surface area contributed by atoms with E-state index in [1.54, 1.807) is 0 Å². The third-order valence-electron chi connectivity index (χ3n) is 3.01. The van der Waals surface area contributed by atoms with Crippen LogP contribution >= 0.6 is 0 Å². The smallest absolute Gasteiger partial charge is 0.306 e. The molecule has 1 fully saturated rings. The Labute approximate surface area is 79.3 Å². The maximum absolute atomic E-state index is 10.7.